The van der Waals surface area contributed by atoms with Crippen LogP contribution in [0, 0.1) is 0 Å². The Kier molecular flexibility index (Phi) is 47.6. The van der Waals surface area contributed by atoms with Crippen LogP contribution in [0.1, 0.15) is 89.9 Å². The number of nitrogens with zero attached hydrogens (tertiary/aromatic N) is 7. The van der Waals surface area contributed by atoms with Crippen molar-refractivity contribution in [3.63, 3.8) is 0 Å². The third-order valence-electron chi connectivity index (χ3n) is 21.7. The Morgan fingerprint density at radius 2 is 0.792 bits per heavy atom. The molecule has 0 spiro atoms. The maximum absolute atomic E-state index is 14.3. The number of unbranched alkanes of at least 4 members (excludes halogenated alkanes) is 4. The fraction of sp³-hybridized carbons (Fsp3) is 0.850. The smallest absolute Gasteiger partial charge is 0.220 e. The average molecular weight is 1870 g/mol. The van der Waals surface area contributed by atoms with E-state index in [4.69, 9.17) is 99.5 Å². The Hall–Kier alpha value is -6.76. The average Bonchev–Trinajstić information content (AvgIpc) is 1.63. The van der Waals surface area contributed by atoms with Crippen LogP contribution in [-0.4, -0.2) is 444 Å². The molecule has 2 aromatic heterocycles. The van der Waals surface area contributed by atoms with E-state index in [9.17, 15) is 69.6 Å². The van der Waals surface area contributed by atoms with Crippen molar-refractivity contribution in [2.45, 2.75) is 207 Å². The van der Waals surface area contributed by atoms with Gasteiger partial charge in [0.25, 0.3) is 0 Å². The van der Waals surface area contributed by atoms with E-state index in [-0.39, 0.29) is 229 Å². The molecule has 0 radical (unpaired) electrons. The molecule has 16 N–H and O–H groups in total. The van der Waals surface area contributed by atoms with Gasteiger partial charge in [-0.25, -0.2) is 9.36 Å². The number of hydrazine groups is 2. The van der Waals surface area contributed by atoms with Crippen LogP contribution in [0.25, 0.3) is 0 Å². The van der Waals surface area contributed by atoms with Gasteiger partial charge in [-0.05, 0) is 25.7 Å². The number of aliphatic hydroxyl groups is 8. The van der Waals surface area contributed by atoms with Crippen molar-refractivity contribution < 1.29 is 169 Å². The maximum Gasteiger partial charge on any atom is 0.220 e. The standard InChI is InChI=1S/C80H137N15O35/c1-55(98)82-65-68(104)71(107)78(52-125-74(65)128-78)49-119-35-32-116-29-26-113-23-20-110-17-14-93-38-58(87-90-93)43-122-46-77(86-64(103)12-8-5-9-13-81-62(101)10-6-4-7-11-63(102)85-61(41-96)42-97,47-123-44-59-39-94(91-88-59)15-18-111-21-24-114-27-30-117-33-36-120-50-79-53-126-75(129-79)66(83-56(2)99)69(105)72(79)108)48-124-45-60-40-95(92-89-60)16-19-112-22-25-115-28-31-118-34-37-121-51-80-54-127-76(130-80)67(84-57(3)100)70(106)73(80)109/h38-40,61,65-76,87,90,96-97,104-109H,4-37,41-54H2,1-3H3,(H,81,101)(H,82,98)(H,83,99)(H,84,100)(H,85,102)(H,86,103)/t65-,66-,67-,68-,69-,70-,71-,72-,73-,74?,75+,76?,77?,78+,79+,80+/m1/s1. The molecule has 9 heterocycles. The van der Waals surface area contributed by atoms with Gasteiger partial charge in [-0.15, -0.1) is 15.7 Å². The Bertz CT molecular complexity index is 3500. The van der Waals surface area contributed by atoms with Crippen LogP contribution < -0.4 is 42.9 Å². The van der Waals surface area contributed by atoms with E-state index in [0.29, 0.717) is 121 Å². The van der Waals surface area contributed by atoms with Gasteiger partial charge >= 0.3 is 0 Å². The molecule has 3 unspecified atom stereocenters. The van der Waals surface area contributed by atoms with Crippen molar-refractivity contribution >= 4 is 35.4 Å². The summed E-state index contributed by atoms with van der Waals surface area (Å²) in [5, 5.41) is 118. The number of nitrogens with one attached hydrogen (secondary N) is 8. The summed E-state index contributed by atoms with van der Waals surface area (Å²) in [4.78, 5) is 73.9. The molecule has 130 heavy (non-hydrogen) atoms. The number of aliphatic hydroxyl groups excluding tert-OH is 8. The van der Waals surface area contributed by atoms with Gasteiger partial charge in [0.1, 0.15) is 88.5 Å². The van der Waals surface area contributed by atoms with Crippen molar-refractivity contribution in [1.29, 1.82) is 0 Å². The number of carbonyl (C=O) groups excluding carboxylic acids is 6. The summed E-state index contributed by atoms with van der Waals surface area (Å²) >= 11 is 0. The molecule has 6 fully saturated rings. The highest BCUT2D eigenvalue weighted by atomic mass is 16.8. The second kappa shape index (κ2) is 57.8. The predicted molar refractivity (Wildman–Crippen MR) is 442 cm³/mol. The minimum atomic E-state index is -1.35. The summed E-state index contributed by atoms with van der Waals surface area (Å²) in [6.45, 7) is 9.67. The van der Waals surface area contributed by atoms with E-state index < -0.39 is 120 Å². The molecule has 7 aliphatic rings. The number of rotatable bonds is 73. The number of carbonyl (C=O) groups is 6. The molecular formula is C80H137N15O35. The van der Waals surface area contributed by atoms with E-state index >= 15 is 0 Å². The molecule has 0 saturated carbocycles. The highest BCUT2D eigenvalue weighted by Crippen LogP contribution is 2.40. The number of ether oxygens (including phenoxy) is 21. The SMILES string of the molecule is CC(=O)N[C@H]1[C@H]2OC[C@](COCCOCCOCCOCCn3cc(COCC(COCC4=CN(CCOCCOCCOCCOC[C@@]56COC(O5)[C@H](NC(C)=O)[C@@H](O)[C@H]6O)NN4)(COCc4cn(CCOCCOCCOCCOC[C@@]56COC(O5)[C@H](NC(C)=O)[C@@H](O)[C@H]6O)nn4)NC(=O)CCCCCNC(=O)CCCCCC(=O)NC(CO)CO)nn3)(O2)[C@H](O)[C@@H]1O. The second-order valence-electron chi connectivity index (χ2n) is 32.4. The molecule has 50 heteroatoms. The monoisotopic (exact) mass is 1870 g/mol. The molecule has 6 amide bonds. The molecule has 2 aromatic rings. The van der Waals surface area contributed by atoms with E-state index in [0.717, 1.165) is 0 Å². The normalized spacial score (nSPS) is 26.0. The first kappa shape index (κ1) is 107. The second-order valence-corrected chi connectivity index (χ2v) is 32.4. The Balaban J connectivity index is 0.706. The molecule has 50 nitrogen and oxygen atoms in total. The van der Waals surface area contributed by atoms with Crippen LogP contribution in [0.5, 0.6) is 0 Å². The summed E-state index contributed by atoms with van der Waals surface area (Å²) in [5.74, 6) is -1.92. The van der Waals surface area contributed by atoms with Crippen LogP contribution in [-0.2, 0) is 155 Å². The number of hydrogen-bond acceptors (Lipinski definition) is 42. The quantitative estimate of drug-likeness (QED) is 0.0274. The summed E-state index contributed by atoms with van der Waals surface area (Å²) in [7, 11) is 0. The zero-order valence-electron chi connectivity index (χ0n) is 74.4. The third kappa shape index (κ3) is 35.8. The molecule has 0 aliphatic carbocycles. The number of aromatic nitrogens is 6. The van der Waals surface area contributed by atoms with Crippen molar-refractivity contribution in [1.82, 2.24) is 77.9 Å². The predicted octanol–water partition coefficient (Wildman–Crippen LogP) is -8.01. The van der Waals surface area contributed by atoms with Gasteiger partial charge in [0.05, 0.1) is 275 Å². The van der Waals surface area contributed by atoms with Gasteiger partial charge < -0.3 is 178 Å². The largest absolute Gasteiger partial charge is 0.394 e. The van der Waals surface area contributed by atoms with Crippen molar-refractivity contribution in [3.05, 3.63) is 35.7 Å². The van der Waals surface area contributed by atoms with Gasteiger partial charge in [0, 0.05) is 52.8 Å². The fourth-order valence-electron chi connectivity index (χ4n) is 14.8. The first-order chi connectivity index (χ1) is 63.0. The van der Waals surface area contributed by atoms with E-state index in [1.807, 2.05) is 6.20 Å². The van der Waals surface area contributed by atoms with Crippen molar-refractivity contribution in [3.8, 4) is 0 Å². The fourth-order valence-corrected chi connectivity index (χ4v) is 14.8. The summed E-state index contributed by atoms with van der Waals surface area (Å²) in [6.07, 6.45) is -1.45. The topological polar surface area (TPSA) is 619 Å². The van der Waals surface area contributed by atoms with Crippen LogP contribution in [0.2, 0.25) is 0 Å². The lowest BCUT2D eigenvalue weighted by Crippen LogP contribution is -2.66. The molecule has 742 valence electrons. The molecule has 7 aliphatic heterocycles. The van der Waals surface area contributed by atoms with Crippen molar-refractivity contribution in [2.75, 3.05) is 231 Å². The van der Waals surface area contributed by atoms with Crippen LogP contribution in [0.15, 0.2) is 24.3 Å². The first-order valence-corrected chi connectivity index (χ1v) is 44.3. The number of fused-ring (bicyclic) bond motifs is 6. The lowest BCUT2D eigenvalue weighted by molar-refractivity contribution is -0.238. The molecular weight excluding hydrogens is 1730 g/mol. The molecule has 16 atom stereocenters. The zero-order valence-corrected chi connectivity index (χ0v) is 74.4. The van der Waals surface area contributed by atoms with Gasteiger partial charge in [-0.3, -0.25) is 33.8 Å². The van der Waals surface area contributed by atoms with Crippen LogP contribution in [0.3, 0.4) is 0 Å². The van der Waals surface area contributed by atoms with Gasteiger partial charge in [-0.2, -0.15) is 0 Å². The number of amides is 6. The van der Waals surface area contributed by atoms with Gasteiger partial charge in [0.15, 0.2) is 18.9 Å². The van der Waals surface area contributed by atoms with E-state index in [1.54, 1.807) is 26.8 Å². The number of hydrogen-bond donors (Lipinski definition) is 16. The molecule has 0 aromatic carbocycles. The third-order valence-corrected chi connectivity index (χ3v) is 21.7. The van der Waals surface area contributed by atoms with Gasteiger partial charge in [0.2, 0.25) is 35.4 Å². The van der Waals surface area contributed by atoms with E-state index in [1.165, 1.54) is 20.8 Å². The highest BCUT2D eigenvalue weighted by Gasteiger charge is 2.62. The maximum atomic E-state index is 14.3. The molecule has 6 bridgehead atoms. The first-order valence-electron chi connectivity index (χ1n) is 44.3. The van der Waals surface area contributed by atoms with Gasteiger partial charge in [-0.1, -0.05) is 23.3 Å². The Morgan fingerprint density at radius 3 is 1.18 bits per heavy atom. The lowest BCUT2D eigenvalue weighted by atomic mass is 9.88. The summed E-state index contributed by atoms with van der Waals surface area (Å²) < 4.78 is 125. The van der Waals surface area contributed by atoms with Crippen LogP contribution in [0.4, 0.5) is 0 Å². The Labute approximate surface area is 753 Å². The van der Waals surface area contributed by atoms with Crippen molar-refractivity contribution in [2.24, 2.45) is 0 Å². The van der Waals surface area contributed by atoms with Crippen LogP contribution >= 0.6 is 0 Å². The summed E-state index contributed by atoms with van der Waals surface area (Å²) in [5.41, 5.74) is 2.66. The molecule has 6 saturated heterocycles. The Morgan fingerprint density at radius 1 is 0.446 bits per heavy atom. The summed E-state index contributed by atoms with van der Waals surface area (Å²) in [6, 6.07) is -3.46. The van der Waals surface area contributed by atoms with E-state index in [2.05, 4.69) is 63.5 Å². The highest BCUT2D eigenvalue weighted by molar-refractivity contribution is 5.77. The lowest BCUT2D eigenvalue weighted by Gasteiger charge is -2.42. The minimum absolute atomic E-state index is 0.0203. The molecule has 9 rings (SSSR count). The minimum Gasteiger partial charge on any atom is -0.394 e. The zero-order chi connectivity index (χ0) is 92.8.